The van der Waals surface area contributed by atoms with Crippen LogP contribution in [0.5, 0.6) is 0 Å². The number of hydrogen-bond donors (Lipinski definition) is 2. The normalized spacial score (nSPS) is 20.9. The molecule has 4 aliphatic rings. The molecule has 4 heterocycles. The first-order chi connectivity index (χ1) is 18.9. The summed E-state index contributed by atoms with van der Waals surface area (Å²) in [4.78, 5) is 12.6. The van der Waals surface area contributed by atoms with Gasteiger partial charge in [-0.1, -0.05) is 0 Å². The van der Waals surface area contributed by atoms with Crippen LogP contribution in [0.15, 0.2) is 23.4 Å². The number of piperidine rings is 1. The van der Waals surface area contributed by atoms with Gasteiger partial charge in [-0.15, -0.1) is 23.1 Å². The summed E-state index contributed by atoms with van der Waals surface area (Å²) in [7, 11) is 0. The zero-order chi connectivity index (χ0) is 26.7. The van der Waals surface area contributed by atoms with Crippen LogP contribution in [-0.4, -0.2) is 56.1 Å². The van der Waals surface area contributed by atoms with Gasteiger partial charge < -0.3 is 15.5 Å². The molecule has 39 heavy (non-hydrogen) atoms. The Kier molecular flexibility index (Phi) is 6.54. The van der Waals surface area contributed by atoms with Crippen molar-refractivity contribution in [1.82, 2.24) is 24.6 Å². The van der Waals surface area contributed by atoms with E-state index in [1.165, 1.54) is 35.9 Å². The second kappa shape index (κ2) is 9.95. The first-order valence-electron chi connectivity index (χ1n) is 13.8. The molecule has 0 bridgehead atoms. The smallest absolute Gasteiger partial charge is 0.373 e. The third-order valence-corrected chi connectivity index (χ3v) is 10.1. The van der Waals surface area contributed by atoms with Crippen molar-refractivity contribution in [3.05, 3.63) is 29.6 Å². The monoisotopic (exact) mass is 575 g/mol. The number of aromatic nitrogens is 4. The zero-order valence-electron chi connectivity index (χ0n) is 21.8. The molecule has 7 nitrogen and oxygen atoms in total. The standard InChI is InChI=1S/C27H32F3N7S2/c1-38-22-12-21(39-25(22)32-16-4-5-16)23-20(27(28,29)30)13-31-26(33-23)34-24-19(15-2-3-15)14-37(35-24)18-8-10-36(11-9-18)17-6-7-17/h12-18,32H,2-11H2,1H3,(H,31,33,34,35). The first kappa shape index (κ1) is 25.6. The molecule has 3 saturated carbocycles. The highest BCUT2D eigenvalue weighted by atomic mass is 32.2. The number of alkyl halides is 3. The Balaban J connectivity index is 1.18. The number of thiophene rings is 1. The van der Waals surface area contributed by atoms with E-state index in [0.717, 1.165) is 79.3 Å². The number of rotatable bonds is 9. The Morgan fingerprint density at radius 1 is 1.03 bits per heavy atom. The second-order valence-corrected chi connectivity index (χ2v) is 13.1. The Labute approximate surface area is 234 Å². The van der Waals surface area contributed by atoms with Gasteiger partial charge in [-0.05, 0) is 69.6 Å². The maximum absolute atomic E-state index is 14.0. The Hall–Kier alpha value is -2.31. The van der Waals surface area contributed by atoms with Crippen molar-refractivity contribution in [1.29, 1.82) is 0 Å². The van der Waals surface area contributed by atoms with Crippen LogP contribution in [0.2, 0.25) is 0 Å². The minimum absolute atomic E-state index is 0.0935. The molecule has 3 aromatic heterocycles. The molecule has 0 radical (unpaired) electrons. The fourth-order valence-corrected chi connectivity index (χ4v) is 7.40. The molecule has 0 aromatic carbocycles. The summed E-state index contributed by atoms with van der Waals surface area (Å²) in [6.45, 7) is 2.19. The lowest BCUT2D eigenvalue weighted by molar-refractivity contribution is -0.137. The molecule has 12 heteroatoms. The molecule has 3 aliphatic carbocycles. The number of nitrogens with one attached hydrogen (secondary N) is 2. The van der Waals surface area contributed by atoms with Crippen molar-refractivity contribution >= 4 is 39.9 Å². The minimum atomic E-state index is -4.56. The summed E-state index contributed by atoms with van der Waals surface area (Å²) in [5.41, 5.74) is 0.195. The molecule has 3 aromatic rings. The fraction of sp³-hybridized carbons (Fsp3) is 0.593. The maximum Gasteiger partial charge on any atom is 0.420 e. The Morgan fingerprint density at radius 3 is 2.44 bits per heavy atom. The van der Waals surface area contributed by atoms with E-state index in [-0.39, 0.29) is 11.6 Å². The highest BCUT2D eigenvalue weighted by molar-refractivity contribution is 7.99. The van der Waals surface area contributed by atoms with E-state index in [2.05, 4.69) is 36.4 Å². The van der Waals surface area contributed by atoms with Crippen LogP contribution in [0.3, 0.4) is 0 Å². The number of nitrogens with zero attached hydrogens (tertiary/aromatic N) is 5. The van der Waals surface area contributed by atoms with E-state index in [9.17, 15) is 13.2 Å². The molecule has 7 rings (SSSR count). The number of thioether (sulfide) groups is 1. The third-order valence-electron chi connectivity index (χ3n) is 8.10. The van der Waals surface area contributed by atoms with Gasteiger partial charge in [-0.25, -0.2) is 9.97 Å². The molecule has 2 N–H and O–H groups in total. The van der Waals surface area contributed by atoms with Crippen molar-refractivity contribution in [3.8, 4) is 10.6 Å². The van der Waals surface area contributed by atoms with E-state index in [0.29, 0.717) is 28.7 Å². The van der Waals surface area contributed by atoms with Gasteiger partial charge in [0.1, 0.15) is 10.6 Å². The van der Waals surface area contributed by atoms with Crippen LogP contribution in [0, 0.1) is 0 Å². The summed E-state index contributed by atoms with van der Waals surface area (Å²) in [6.07, 6.45) is 9.58. The largest absolute Gasteiger partial charge is 0.420 e. The Bertz CT molecular complexity index is 1350. The van der Waals surface area contributed by atoms with Gasteiger partial charge in [0.15, 0.2) is 5.82 Å². The SMILES string of the molecule is CSc1cc(-c2nc(Nc3nn(C4CCN(C5CC5)CC4)cc3C3CC3)ncc2C(F)(F)F)sc1NC1CC1. The molecule has 1 aliphatic heterocycles. The molecule has 0 atom stereocenters. The van der Waals surface area contributed by atoms with E-state index in [4.69, 9.17) is 5.10 Å². The van der Waals surface area contributed by atoms with Crippen molar-refractivity contribution < 1.29 is 13.2 Å². The molecular weight excluding hydrogens is 543 g/mol. The molecule has 0 unspecified atom stereocenters. The zero-order valence-corrected chi connectivity index (χ0v) is 23.4. The van der Waals surface area contributed by atoms with Crippen molar-refractivity contribution in [2.45, 2.75) is 86.5 Å². The van der Waals surface area contributed by atoms with Gasteiger partial charge in [0.2, 0.25) is 5.95 Å². The fourth-order valence-electron chi connectivity index (χ4n) is 5.44. The first-order valence-corrected chi connectivity index (χ1v) is 15.9. The van der Waals surface area contributed by atoms with Gasteiger partial charge >= 0.3 is 6.18 Å². The van der Waals surface area contributed by atoms with Crippen LogP contribution in [-0.2, 0) is 6.18 Å². The molecule has 0 spiro atoms. The van der Waals surface area contributed by atoms with Gasteiger partial charge in [0.25, 0.3) is 0 Å². The summed E-state index contributed by atoms with van der Waals surface area (Å²) >= 11 is 2.85. The predicted molar refractivity (Wildman–Crippen MR) is 149 cm³/mol. The number of hydrogen-bond acceptors (Lipinski definition) is 8. The lowest BCUT2D eigenvalue weighted by Crippen LogP contribution is -2.36. The minimum Gasteiger partial charge on any atom is -0.373 e. The van der Waals surface area contributed by atoms with E-state index < -0.39 is 11.7 Å². The second-order valence-electron chi connectivity index (χ2n) is 11.2. The van der Waals surface area contributed by atoms with E-state index in [1.54, 1.807) is 6.07 Å². The average Bonchev–Trinajstić information content (AvgIpc) is 3.80. The van der Waals surface area contributed by atoms with Crippen LogP contribution < -0.4 is 10.6 Å². The van der Waals surface area contributed by atoms with Crippen LogP contribution >= 0.6 is 23.1 Å². The van der Waals surface area contributed by atoms with Crippen molar-refractivity contribution in [2.24, 2.45) is 0 Å². The van der Waals surface area contributed by atoms with Crippen LogP contribution in [0.4, 0.5) is 29.9 Å². The summed E-state index contributed by atoms with van der Waals surface area (Å²) < 4.78 is 44.2. The quantitative estimate of drug-likeness (QED) is 0.263. The number of halogens is 3. The van der Waals surface area contributed by atoms with Gasteiger partial charge in [0.05, 0.1) is 16.6 Å². The average molecular weight is 576 g/mol. The number of likely N-dealkylation sites (tertiary alicyclic amines) is 1. The summed E-state index contributed by atoms with van der Waals surface area (Å²) in [6, 6.07) is 3.33. The van der Waals surface area contributed by atoms with Crippen molar-refractivity contribution in [2.75, 3.05) is 30.0 Å². The van der Waals surface area contributed by atoms with E-state index >= 15 is 0 Å². The molecule has 0 amide bonds. The van der Waals surface area contributed by atoms with Crippen LogP contribution in [0.1, 0.15) is 74.5 Å². The van der Waals surface area contributed by atoms with Gasteiger partial charge in [-0.2, -0.15) is 18.3 Å². The molecule has 1 saturated heterocycles. The summed E-state index contributed by atoms with van der Waals surface area (Å²) in [5.74, 6) is 1.24. The molecular formula is C27H32F3N7S2. The lowest BCUT2D eigenvalue weighted by atomic mass is 10.1. The van der Waals surface area contributed by atoms with Gasteiger partial charge in [0, 0.05) is 48.0 Å². The Morgan fingerprint density at radius 2 is 1.79 bits per heavy atom. The maximum atomic E-state index is 14.0. The highest BCUT2D eigenvalue weighted by Gasteiger charge is 2.37. The van der Waals surface area contributed by atoms with Gasteiger partial charge in [-0.3, -0.25) is 4.68 Å². The number of anilines is 3. The van der Waals surface area contributed by atoms with Crippen molar-refractivity contribution in [3.63, 3.8) is 0 Å². The predicted octanol–water partition coefficient (Wildman–Crippen LogP) is 7.14. The van der Waals surface area contributed by atoms with Crippen LogP contribution in [0.25, 0.3) is 10.6 Å². The highest BCUT2D eigenvalue weighted by Crippen LogP contribution is 2.47. The molecule has 208 valence electrons. The summed E-state index contributed by atoms with van der Waals surface area (Å²) in [5, 5.41) is 12.5. The molecule has 4 fully saturated rings. The third kappa shape index (κ3) is 5.52. The van der Waals surface area contributed by atoms with E-state index in [1.807, 2.05) is 6.26 Å². The lowest BCUT2D eigenvalue weighted by Gasteiger charge is -2.32. The topological polar surface area (TPSA) is 70.9 Å².